The Labute approximate surface area is 261 Å². The number of carbonyl (C=O) groups excluding carboxylic acids is 1. The number of carboxylic acid groups (broad SMARTS) is 1. The van der Waals surface area contributed by atoms with Gasteiger partial charge in [-0.25, -0.2) is 14.8 Å². The number of nitrogens with two attached hydrogens (primary N) is 1. The zero-order valence-electron chi connectivity index (χ0n) is 24.0. The Morgan fingerprint density at radius 2 is 1.75 bits per heavy atom. The molecule has 2 aromatic heterocycles. The van der Waals surface area contributed by atoms with Crippen LogP contribution in [0.5, 0.6) is 0 Å². The van der Waals surface area contributed by atoms with Gasteiger partial charge >= 0.3 is 12.3 Å². The van der Waals surface area contributed by atoms with Crippen molar-refractivity contribution in [2.24, 2.45) is 17.6 Å². The van der Waals surface area contributed by atoms with Gasteiger partial charge in [0.1, 0.15) is 5.52 Å². The van der Waals surface area contributed by atoms with Crippen LogP contribution in [0.15, 0.2) is 18.3 Å². The van der Waals surface area contributed by atoms with Crippen molar-refractivity contribution in [3.63, 3.8) is 0 Å². The van der Waals surface area contributed by atoms with Crippen LogP contribution in [0.2, 0.25) is 10.0 Å². The third kappa shape index (κ3) is 6.46. The summed E-state index contributed by atoms with van der Waals surface area (Å²) in [5.41, 5.74) is 5.46. The number of likely N-dealkylation sites (tertiary alicyclic amines) is 1. The molecule has 0 bridgehead atoms. The van der Waals surface area contributed by atoms with Gasteiger partial charge in [0.2, 0.25) is 17.8 Å². The van der Waals surface area contributed by atoms with E-state index in [0.29, 0.717) is 49.8 Å². The largest absolute Gasteiger partial charge is 0.465 e. The van der Waals surface area contributed by atoms with Crippen LogP contribution in [0.4, 0.5) is 35.5 Å². The number of alkyl halides is 3. The lowest BCUT2D eigenvalue weighted by atomic mass is 9.85. The van der Waals surface area contributed by atoms with E-state index in [9.17, 15) is 27.9 Å². The fourth-order valence-electron chi connectivity index (χ4n) is 6.37. The third-order valence-corrected chi connectivity index (χ3v) is 9.03. The minimum absolute atomic E-state index is 0.0348. The van der Waals surface area contributed by atoms with Crippen LogP contribution < -0.4 is 16.4 Å². The van der Waals surface area contributed by atoms with Gasteiger partial charge in [-0.2, -0.15) is 18.2 Å². The Hall–Kier alpha value is -3.52. The molecule has 3 aromatic rings. The molecule has 1 saturated heterocycles. The fraction of sp³-hybridized carbons (Fsp3) is 0.536. The fourth-order valence-corrected chi connectivity index (χ4v) is 6.95. The molecule has 11 nitrogen and oxygen atoms in total. The van der Waals surface area contributed by atoms with Crippen molar-refractivity contribution < 1.29 is 27.9 Å². The van der Waals surface area contributed by atoms with Gasteiger partial charge < -0.3 is 26.4 Å². The SMILES string of the molecule is CC(C)C1C(Nc2ncc3nc(Nc4c(Cl)cc(C(F)(F)F)cc4Cl)n(C4CCC(C(N)=O)CC4)c3n2)CCCN1C(=O)O. The Kier molecular flexibility index (Phi) is 9.04. The first-order valence-electron chi connectivity index (χ1n) is 14.4. The highest BCUT2D eigenvalue weighted by atomic mass is 35.5. The number of benzene rings is 1. The van der Waals surface area contributed by atoms with Crippen LogP contribution in [0.25, 0.3) is 11.2 Å². The average Bonchev–Trinajstić information content (AvgIpc) is 3.31. The van der Waals surface area contributed by atoms with Crippen LogP contribution in [0, 0.1) is 11.8 Å². The van der Waals surface area contributed by atoms with Crippen molar-refractivity contribution in [1.29, 1.82) is 0 Å². The molecule has 44 heavy (non-hydrogen) atoms. The van der Waals surface area contributed by atoms with E-state index in [2.05, 4.69) is 20.6 Å². The van der Waals surface area contributed by atoms with E-state index in [1.54, 1.807) is 0 Å². The minimum atomic E-state index is -4.63. The maximum absolute atomic E-state index is 13.3. The molecule has 2 unspecified atom stereocenters. The first-order valence-corrected chi connectivity index (χ1v) is 15.1. The number of carbonyl (C=O) groups is 2. The molecule has 238 valence electrons. The standard InChI is InChI=1S/C28H33Cl2F3N8O3/c1-13(2)22-19(4-3-9-40(22)27(43)44)36-25-35-12-20-24(39-25)41(16-7-5-14(6-8-16)23(34)42)26(37-20)38-21-17(29)10-15(11-18(21)30)28(31,32)33/h10-14,16,19,22H,3-9H2,1-2H3,(H2,34,42)(H,37,38)(H,43,44)(H,35,36,39). The predicted molar refractivity (Wildman–Crippen MR) is 160 cm³/mol. The highest BCUT2D eigenvalue weighted by Gasteiger charge is 2.37. The molecule has 0 radical (unpaired) electrons. The lowest BCUT2D eigenvalue weighted by Crippen LogP contribution is -2.55. The Morgan fingerprint density at radius 3 is 2.32 bits per heavy atom. The van der Waals surface area contributed by atoms with Gasteiger partial charge in [0.05, 0.1) is 33.5 Å². The van der Waals surface area contributed by atoms with E-state index in [-0.39, 0.29) is 63.5 Å². The highest BCUT2D eigenvalue weighted by molar-refractivity contribution is 6.39. The second-order valence-corrected chi connectivity index (χ2v) is 12.5. The lowest BCUT2D eigenvalue weighted by molar-refractivity contribution is -0.137. The van der Waals surface area contributed by atoms with Crippen molar-refractivity contribution >= 4 is 64.0 Å². The number of imidazole rings is 1. The Morgan fingerprint density at radius 1 is 1.09 bits per heavy atom. The number of amides is 2. The van der Waals surface area contributed by atoms with Gasteiger partial charge in [0, 0.05) is 24.5 Å². The maximum atomic E-state index is 13.3. The maximum Gasteiger partial charge on any atom is 0.416 e. The summed E-state index contributed by atoms with van der Waals surface area (Å²) in [6.45, 7) is 4.39. The summed E-state index contributed by atoms with van der Waals surface area (Å²) in [4.78, 5) is 39.1. The molecule has 3 heterocycles. The van der Waals surface area contributed by atoms with E-state index in [1.807, 2.05) is 18.4 Å². The van der Waals surface area contributed by atoms with Gasteiger partial charge in [-0.1, -0.05) is 37.0 Å². The summed E-state index contributed by atoms with van der Waals surface area (Å²) in [5.74, 6) is -0.0685. The zero-order valence-corrected chi connectivity index (χ0v) is 25.5. The molecule has 5 rings (SSSR count). The van der Waals surface area contributed by atoms with Crippen molar-refractivity contribution in [3.05, 3.63) is 33.9 Å². The number of nitrogens with one attached hydrogen (secondary N) is 2. The number of rotatable bonds is 7. The predicted octanol–water partition coefficient (Wildman–Crippen LogP) is 6.69. The molecule has 5 N–H and O–H groups in total. The third-order valence-electron chi connectivity index (χ3n) is 8.43. The molecule has 1 aliphatic heterocycles. The monoisotopic (exact) mass is 656 g/mol. The summed E-state index contributed by atoms with van der Waals surface area (Å²) in [5, 5.41) is 15.7. The highest BCUT2D eigenvalue weighted by Crippen LogP contribution is 2.42. The number of nitrogens with zero attached hydrogens (tertiary/aromatic N) is 5. The van der Waals surface area contributed by atoms with Crippen LogP contribution >= 0.6 is 23.2 Å². The van der Waals surface area contributed by atoms with E-state index in [0.717, 1.165) is 18.6 Å². The molecule has 2 amide bonds. The number of piperidine rings is 1. The van der Waals surface area contributed by atoms with Crippen molar-refractivity contribution in [1.82, 2.24) is 24.4 Å². The lowest BCUT2D eigenvalue weighted by Gasteiger charge is -2.42. The van der Waals surface area contributed by atoms with Crippen LogP contribution in [0.3, 0.4) is 0 Å². The van der Waals surface area contributed by atoms with Gasteiger partial charge in [-0.15, -0.1) is 0 Å². The zero-order chi connectivity index (χ0) is 31.9. The molecule has 2 fully saturated rings. The molecule has 1 aromatic carbocycles. The molecular weight excluding hydrogens is 624 g/mol. The van der Waals surface area contributed by atoms with E-state index < -0.39 is 17.8 Å². The smallest absolute Gasteiger partial charge is 0.416 e. The molecule has 2 aliphatic rings. The molecule has 1 saturated carbocycles. The van der Waals surface area contributed by atoms with Gasteiger partial charge in [-0.3, -0.25) is 9.36 Å². The van der Waals surface area contributed by atoms with Crippen molar-refractivity contribution in [3.8, 4) is 0 Å². The van der Waals surface area contributed by atoms with Crippen molar-refractivity contribution in [2.75, 3.05) is 17.2 Å². The second-order valence-electron chi connectivity index (χ2n) is 11.7. The summed E-state index contributed by atoms with van der Waals surface area (Å²) >= 11 is 12.5. The first-order chi connectivity index (χ1) is 20.7. The Balaban J connectivity index is 1.53. The van der Waals surface area contributed by atoms with Crippen LogP contribution in [-0.4, -0.2) is 60.2 Å². The van der Waals surface area contributed by atoms with E-state index in [4.69, 9.17) is 33.9 Å². The average molecular weight is 658 g/mol. The van der Waals surface area contributed by atoms with Crippen LogP contribution in [-0.2, 0) is 11.0 Å². The van der Waals surface area contributed by atoms with Crippen LogP contribution in [0.1, 0.15) is 64.0 Å². The topological polar surface area (TPSA) is 151 Å². The molecular formula is C28H33Cl2F3N8O3. The summed E-state index contributed by atoms with van der Waals surface area (Å²) in [6, 6.07) is 0.864. The van der Waals surface area contributed by atoms with E-state index in [1.165, 1.54) is 11.1 Å². The number of aromatic nitrogens is 4. The van der Waals surface area contributed by atoms with Gasteiger partial charge in [0.15, 0.2) is 5.65 Å². The summed E-state index contributed by atoms with van der Waals surface area (Å²) < 4.78 is 41.8. The first kappa shape index (κ1) is 31.9. The number of fused-ring (bicyclic) bond motifs is 1. The Bertz CT molecular complexity index is 1540. The number of halogens is 5. The molecule has 2 atom stereocenters. The summed E-state index contributed by atoms with van der Waals surface area (Å²) in [7, 11) is 0. The number of primary amides is 1. The normalized spacial score (nSPS) is 22.8. The number of hydrogen-bond acceptors (Lipinski definition) is 7. The molecule has 16 heteroatoms. The van der Waals surface area contributed by atoms with Gasteiger partial charge in [-0.05, 0) is 56.6 Å². The number of anilines is 3. The summed E-state index contributed by atoms with van der Waals surface area (Å²) in [6.07, 6.45) is -0.457. The van der Waals surface area contributed by atoms with E-state index >= 15 is 0 Å². The molecule has 1 aliphatic carbocycles. The molecule has 0 spiro atoms. The van der Waals surface area contributed by atoms with Gasteiger partial charge in [0.25, 0.3) is 0 Å². The quantitative estimate of drug-likeness (QED) is 0.219. The minimum Gasteiger partial charge on any atom is -0.465 e. The van der Waals surface area contributed by atoms with Crippen molar-refractivity contribution in [2.45, 2.75) is 76.7 Å². The second kappa shape index (κ2) is 12.5. The number of hydrogen-bond donors (Lipinski definition) is 4.